The van der Waals surface area contributed by atoms with Crippen molar-refractivity contribution in [1.82, 2.24) is 9.80 Å². The summed E-state index contributed by atoms with van der Waals surface area (Å²) in [5.41, 5.74) is 2.00. The molecule has 0 N–H and O–H groups in total. The first-order valence-corrected chi connectivity index (χ1v) is 12.0. The second-order valence-corrected chi connectivity index (χ2v) is 11.2. The quantitative estimate of drug-likeness (QED) is 0.454. The molecule has 0 bridgehead atoms. The predicted molar refractivity (Wildman–Crippen MR) is 133 cm³/mol. The van der Waals surface area contributed by atoms with Gasteiger partial charge in [-0.3, -0.25) is 14.6 Å². The molecule has 0 aliphatic carbocycles. The van der Waals surface area contributed by atoms with Crippen molar-refractivity contribution >= 4 is 29.5 Å². The topological polar surface area (TPSA) is 102 Å². The van der Waals surface area contributed by atoms with Gasteiger partial charge in [0.05, 0.1) is 20.2 Å². The number of Topliss-reactive ketones (excluding diaryl/α,β-unsaturated/α-hetero) is 1. The molecule has 2 amide bonds. The van der Waals surface area contributed by atoms with Gasteiger partial charge in [-0.05, 0) is 82.9 Å². The normalized spacial score (nSPS) is 19.8. The minimum absolute atomic E-state index is 0.161. The Morgan fingerprint density at radius 2 is 1.44 bits per heavy atom. The van der Waals surface area contributed by atoms with Crippen molar-refractivity contribution in [3.63, 3.8) is 0 Å². The summed E-state index contributed by atoms with van der Waals surface area (Å²) < 4.78 is 16.0. The first-order chi connectivity index (χ1) is 16.6. The van der Waals surface area contributed by atoms with Gasteiger partial charge in [0, 0.05) is 6.42 Å². The van der Waals surface area contributed by atoms with Crippen molar-refractivity contribution in [3.8, 4) is 0 Å². The molecule has 9 heteroatoms. The molecule has 0 spiro atoms. The standard InChI is InChI=1S/C27H36N2O7/c1-16(30)21-13-20(15-28(21)24(32)35-26(2,3)4)17-9-10-18-12-22(23(31)34-8)29(14-19(18)11-17)25(33)36-27(5,6)7/h9-11,13,21-22H,12,14-15H2,1-8H3/t21-,22?/m0/s1. The van der Waals surface area contributed by atoms with Crippen LogP contribution in [0, 0.1) is 0 Å². The summed E-state index contributed by atoms with van der Waals surface area (Å²) in [7, 11) is 1.29. The van der Waals surface area contributed by atoms with E-state index in [4.69, 9.17) is 14.2 Å². The third-order valence-electron chi connectivity index (χ3n) is 5.89. The van der Waals surface area contributed by atoms with E-state index in [9.17, 15) is 19.2 Å². The lowest BCUT2D eigenvalue weighted by atomic mass is 9.91. The fraction of sp³-hybridized carbons (Fsp3) is 0.556. The van der Waals surface area contributed by atoms with E-state index >= 15 is 0 Å². The fourth-order valence-corrected chi connectivity index (χ4v) is 4.28. The zero-order chi connectivity index (χ0) is 27.0. The van der Waals surface area contributed by atoms with E-state index in [0.29, 0.717) is 6.42 Å². The fourth-order valence-electron chi connectivity index (χ4n) is 4.28. The average Bonchev–Trinajstić information content (AvgIpc) is 3.21. The number of benzene rings is 1. The third kappa shape index (κ3) is 6.25. The highest BCUT2D eigenvalue weighted by molar-refractivity contribution is 5.93. The maximum Gasteiger partial charge on any atom is 0.411 e. The number of fused-ring (bicyclic) bond motifs is 1. The van der Waals surface area contributed by atoms with E-state index in [1.165, 1.54) is 23.8 Å². The largest absolute Gasteiger partial charge is 0.467 e. The number of ketones is 1. The zero-order valence-corrected chi connectivity index (χ0v) is 22.3. The van der Waals surface area contributed by atoms with Crippen molar-refractivity contribution < 1.29 is 33.4 Å². The molecule has 1 aromatic rings. The van der Waals surface area contributed by atoms with Crippen LogP contribution in [0.1, 0.15) is 65.2 Å². The second-order valence-electron chi connectivity index (χ2n) is 11.2. The Morgan fingerprint density at radius 1 is 0.861 bits per heavy atom. The Labute approximate surface area is 212 Å². The number of methoxy groups -OCH3 is 1. The lowest BCUT2D eigenvalue weighted by Crippen LogP contribution is -2.50. The van der Waals surface area contributed by atoms with E-state index in [-0.39, 0.29) is 18.9 Å². The number of ether oxygens (including phenoxy) is 3. The molecule has 9 nitrogen and oxygen atoms in total. The Balaban J connectivity index is 1.90. The number of esters is 1. The van der Waals surface area contributed by atoms with Gasteiger partial charge >= 0.3 is 18.2 Å². The van der Waals surface area contributed by atoms with Crippen LogP contribution in [-0.4, -0.2) is 70.7 Å². The summed E-state index contributed by atoms with van der Waals surface area (Å²) in [6, 6.07) is 4.23. The molecule has 1 aromatic carbocycles. The molecule has 0 aromatic heterocycles. The Bertz CT molecular complexity index is 1090. The molecular formula is C27H36N2O7. The van der Waals surface area contributed by atoms with Crippen molar-refractivity contribution in [3.05, 3.63) is 41.0 Å². The number of hydrogen-bond acceptors (Lipinski definition) is 7. The molecule has 36 heavy (non-hydrogen) atoms. The van der Waals surface area contributed by atoms with Gasteiger partial charge in [0.1, 0.15) is 23.3 Å². The van der Waals surface area contributed by atoms with Crippen molar-refractivity contribution in [2.24, 2.45) is 0 Å². The molecular weight excluding hydrogens is 464 g/mol. The molecule has 2 atom stereocenters. The Kier molecular flexibility index (Phi) is 7.53. The number of amides is 2. The van der Waals surface area contributed by atoms with E-state index in [2.05, 4.69) is 0 Å². The number of rotatable bonds is 3. The summed E-state index contributed by atoms with van der Waals surface area (Å²) in [4.78, 5) is 53.3. The summed E-state index contributed by atoms with van der Waals surface area (Å²) in [5.74, 6) is -0.669. The lowest BCUT2D eigenvalue weighted by Gasteiger charge is -2.36. The van der Waals surface area contributed by atoms with Gasteiger partial charge in [-0.25, -0.2) is 14.4 Å². The molecule has 0 fully saturated rings. The molecule has 1 unspecified atom stereocenters. The molecule has 2 aliphatic heterocycles. The number of nitrogens with zero attached hydrogens (tertiary/aromatic N) is 2. The van der Waals surface area contributed by atoms with Crippen LogP contribution in [0.4, 0.5) is 9.59 Å². The van der Waals surface area contributed by atoms with Crippen molar-refractivity contribution in [1.29, 1.82) is 0 Å². The first-order valence-electron chi connectivity index (χ1n) is 12.0. The van der Waals surface area contributed by atoms with Gasteiger partial charge in [0.2, 0.25) is 0 Å². The van der Waals surface area contributed by atoms with E-state index in [0.717, 1.165) is 22.3 Å². The predicted octanol–water partition coefficient (Wildman–Crippen LogP) is 4.11. The highest BCUT2D eigenvalue weighted by Crippen LogP contribution is 2.32. The van der Waals surface area contributed by atoms with Crippen LogP contribution in [0.2, 0.25) is 0 Å². The van der Waals surface area contributed by atoms with E-state index < -0.39 is 41.4 Å². The lowest BCUT2D eigenvalue weighted by molar-refractivity contribution is -0.147. The van der Waals surface area contributed by atoms with Gasteiger partial charge in [-0.15, -0.1) is 0 Å². The SMILES string of the molecule is COC(=O)C1Cc2ccc(C3=C[C@@H](C(C)=O)N(C(=O)OC(C)(C)C)C3)cc2CN1C(=O)OC(C)(C)C. The number of hydrogen-bond donors (Lipinski definition) is 0. The van der Waals surface area contributed by atoms with Crippen LogP contribution in [-0.2, 0) is 36.8 Å². The van der Waals surface area contributed by atoms with Gasteiger partial charge in [0.25, 0.3) is 0 Å². The van der Waals surface area contributed by atoms with Gasteiger partial charge in [-0.1, -0.05) is 12.1 Å². The molecule has 0 saturated heterocycles. The van der Waals surface area contributed by atoms with Crippen LogP contribution >= 0.6 is 0 Å². The maximum absolute atomic E-state index is 12.9. The molecule has 196 valence electrons. The zero-order valence-electron chi connectivity index (χ0n) is 22.3. The van der Waals surface area contributed by atoms with Crippen LogP contribution in [0.15, 0.2) is 24.3 Å². The molecule has 2 heterocycles. The minimum Gasteiger partial charge on any atom is -0.467 e. The summed E-state index contributed by atoms with van der Waals surface area (Å²) in [5, 5.41) is 0. The molecule has 0 radical (unpaired) electrons. The third-order valence-corrected chi connectivity index (χ3v) is 5.89. The van der Waals surface area contributed by atoms with Crippen LogP contribution in [0.5, 0.6) is 0 Å². The summed E-state index contributed by atoms with van der Waals surface area (Å²) in [6.45, 7) is 12.5. The van der Waals surface area contributed by atoms with E-state index in [1.54, 1.807) is 47.6 Å². The highest BCUT2D eigenvalue weighted by atomic mass is 16.6. The molecule has 0 saturated carbocycles. The average molecular weight is 501 g/mol. The highest BCUT2D eigenvalue weighted by Gasteiger charge is 2.39. The Hall–Kier alpha value is -3.36. The van der Waals surface area contributed by atoms with Crippen molar-refractivity contribution in [2.75, 3.05) is 13.7 Å². The minimum atomic E-state index is -0.793. The Morgan fingerprint density at radius 3 is 1.97 bits per heavy atom. The smallest absolute Gasteiger partial charge is 0.411 e. The van der Waals surface area contributed by atoms with Crippen LogP contribution < -0.4 is 0 Å². The summed E-state index contributed by atoms with van der Waals surface area (Å²) >= 11 is 0. The molecule has 3 rings (SSSR count). The van der Waals surface area contributed by atoms with E-state index in [1.807, 2.05) is 18.2 Å². The monoisotopic (exact) mass is 500 g/mol. The van der Waals surface area contributed by atoms with Crippen molar-refractivity contribution in [2.45, 2.75) is 84.7 Å². The maximum atomic E-state index is 12.9. The van der Waals surface area contributed by atoms with Gasteiger partial charge in [0.15, 0.2) is 5.78 Å². The first kappa shape index (κ1) is 27.2. The number of carbonyl (C=O) groups excluding carboxylic acids is 4. The summed E-state index contributed by atoms with van der Waals surface area (Å²) in [6.07, 6.45) is 0.922. The molecule has 2 aliphatic rings. The second kappa shape index (κ2) is 9.95. The van der Waals surface area contributed by atoms with Crippen LogP contribution in [0.3, 0.4) is 0 Å². The van der Waals surface area contributed by atoms with Gasteiger partial charge < -0.3 is 14.2 Å². The van der Waals surface area contributed by atoms with Gasteiger partial charge in [-0.2, -0.15) is 0 Å². The van der Waals surface area contributed by atoms with Crippen LogP contribution in [0.25, 0.3) is 5.57 Å². The number of carbonyl (C=O) groups is 4.